The molecule has 1 saturated heterocycles. The van der Waals surface area contributed by atoms with E-state index in [4.69, 9.17) is 9.47 Å². The monoisotopic (exact) mass is 384 g/mol. The molecule has 1 fully saturated rings. The standard InChI is InChI=1S/C23H32N2O3/c1-19(16-20-8-4-3-5-9-20)28-18-21(26)17-24-12-14-25(15-13-24)22-10-6-7-11-23(22)27-2/h3-11,19,21,26H,12-18H2,1-2H3. The first kappa shape index (κ1) is 20.6. The average molecular weight is 385 g/mol. The minimum absolute atomic E-state index is 0.0967. The zero-order valence-electron chi connectivity index (χ0n) is 17.0. The van der Waals surface area contributed by atoms with Crippen LogP contribution in [0.4, 0.5) is 5.69 Å². The van der Waals surface area contributed by atoms with E-state index in [0.717, 1.165) is 44.0 Å². The first-order chi connectivity index (χ1) is 13.7. The summed E-state index contributed by atoms with van der Waals surface area (Å²) in [5.41, 5.74) is 2.40. The number of nitrogens with zero attached hydrogens (tertiary/aromatic N) is 2. The number of para-hydroxylation sites is 2. The van der Waals surface area contributed by atoms with E-state index in [1.807, 2.05) is 36.4 Å². The molecule has 2 aromatic carbocycles. The molecule has 0 spiro atoms. The van der Waals surface area contributed by atoms with Crippen LogP contribution in [-0.4, -0.2) is 68.7 Å². The van der Waals surface area contributed by atoms with Gasteiger partial charge in [0.05, 0.1) is 31.6 Å². The molecule has 0 bridgehead atoms. The number of β-amino-alcohol motifs (C(OH)–C–C–N with tert-alkyl or cyclic N) is 1. The first-order valence-electron chi connectivity index (χ1n) is 10.1. The van der Waals surface area contributed by atoms with Crippen molar-refractivity contribution in [2.45, 2.75) is 25.6 Å². The Labute approximate surface area is 168 Å². The average Bonchev–Trinajstić information content (AvgIpc) is 2.73. The van der Waals surface area contributed by atoms with E-state index in [-0.39, 0.29) is 6.10 Å². The van der Waals surface area contributed by atoms with E-state index < -0.39 is 6.10 Å². The van der Waals surface area contributed by atoms with Crippen LogP contribution < -0.4 is 9.64 Å². The topological polar surface area (TPSA) is 45.2 Å². The number of hydrogen-bond donors (Lipinski definition) is 1. The fourth-order valence-electron chi connectivity index (χ4n) is 3.69. The third kappa shape index (κ3) is 5.96. The number of hydrogen-bond acceptors (Lipinski definition) is 5. The second-order valence-electron chi connectivity index (χ2n) is 7.45. The SMILES string of the molecule is COc1ccccc1N1CCN(CC(O)COC(C)Cc2ccccc2)CC1. The third-order valence-corrected chi connectivity index (χ3v) is 5.21. The lowest BCUT2D eigenvalue weighted by molar-refractivity contribution is -0.0148. The van der Waals surface area contributed by atoms with Crippen molar-refractivity contribution in [3.8, 4) is 5.75 Å². The molecule has 2 aromatic rings. The van der Waals surface area contributed by atoms with Crippen LogP contribution in [0.2, 0.25) is 0 Å². The van der Waals surface area contributed by atoms with Crippen LogP contribution in [0.25, 0.3) is 0 Å². The molecule has 0 aliphatic carbocycles. The first-order valence-corrected chi connectivity index (χ1v) is 10.1. The second kappa shape index (κ2) is 10.5. The molecule has 0 aromatic heterocycles. The van der Waals surface area contributed by atoms with E-state index in [0.29, 0.717) is 13.2 Å². The maximum Gasteiger partial charge on any atom is 0.142 e. The summed E-state index contributed by atoms with van der Waals surface area (Å²) in [5, 5.41) is 10.4. The van der Waals surface area contributed by atoms with E-state index in [1.165, 1.54) is 5.56 Å². The van der Waals surface area contributed by atoms with Gasteiger partial charge >= 0.3 is 0 Å². The minimum Gasteiger partial charge on any atom is -0.495 e. The lowest BCUT2D eigenvalue weighted by atomic mass is 10.1. The van der Waals surface area contributed by atoms with E-state index in [9.17, 15) is 5.11 Å². The van der Waals surface area contributed by atoms with Crippen molar-refractivity contribution in [3.05, 3.63) is 60.2 Å². The van der Waals surface area contributed by atoms with Gasteiger partial charge in [-0.05, 0) is 31.0 Å². The number of ether oxygens (including phenoxy) is 2. The van der Waals surface area contributed by atoms with Crippen molar-refractivity contribution < 1.29 is 14.6 Å². The molecule has 2 atom stereocenters. The van der Waals surface area contributed by atoms with Crippen LogP contribution in [-0.2, 0) is 11.2 Å². The maximum absolute atomic E-state index is 10.4. The van der Waals surface area contributed by atoms with Crippen LogP contribution in [0.1, 0.15) is 12.5 Å². The normalized spacial score (nSPS) is 17.3. The van der Waals surface area contributed by atoms with Crippen LogP contribution in [0.3, 0.4) is 0 Å². The molecular formula is C23H32N2O3. The number of piperazine rings is 1. The molecule has 28 heavy (non-hydrogen) atoms. The Morgan fingerprint density at radius 1 is 0.964 bits per heavy atom. The molecule has 152 valence electrons. The Kier molecular flexibility index (Phi) is 7.71. The fraction of sp³-hybridized carbons (Fsp3) is 0.478. The van der Waals surface area contributed by atoms with Crippen molar-refractivity contribution >= 4 is 5.69 Å². The van der Waals surface area contributed by atoms with Gasteiger partial charge in [-0.2, -0.15) is 0 Å². The number of aliphatic hydroxyl groups is 1. The van der Waals surface area contributed by atoms with Gasteiger partial charge < -0.3 is 19.5 Å². The summed E-state index contributed by atoms with van der Waals surface area (Å²) in [7, 11) is 1.71. The Hall–Kier alpha value is -2.08. The summed E-state index contributed by atoms with van der Waals surface area (Å²) in [5.74, 6) is 0.914. The Morgan fingerprint density at radius 3 is 2.36 bits per heavy atom. The molecule has 2 unspecified atom stereocenters. The van der Waals surface area contributed by atoms with E-state index in [1.54, 1.807) is 7.11 Å². The Bertz CT molecular complexity index is 702. The second-order valence-corrected chi connectivity index (χ2v) is 7.45. The molecule has 0 radical (unpaired) electrons. The quantitative estimate of drug-likeness (QED) is 0.720. The number of rotatable bonds is 9. The number of aliphatic hydroxyl groups excluding tert-OH is 1. The molecule has 1 aliphatic heterocycles. The van der Waals surface area contributed by atoms with Crippen molar-refractivity contribution in [2.24, 2.45) is 0 Å². The zero-order valence-corrected chi connectivity index (χ0v) is 17.0. The highest BCUT2D eigenvalue weighted by Crippen LogP contribution is 2.28. The van der Waals surface area contributed by atoms with Gasteiger partial charge in [0.2, 0.25) is 0 Å². The molecule has 3 rings (SSSR count). The lowest BCUT2D eigenvalue weighted by Gasteiger charge is -2.37. The van der Waals surface area contributed by atoms with Crippen LogP contribution in [0.5, 0.6) is 5.75 Å². The highest BCUT2D eigenvalue weighted by Gasteiger charge is 2.21. The third-order valence-electron chi connectivity index (χ3n) is 5.21. The van der Waals surface area contributed by atoms with Crippen LogP contribution in [0.15, 0.2) is 54.6 Å². The summed E-state index contributed by atoms with van der Waals surface area (Å²) in [6, 6.07) is 18.5. The minimum atomic E-state index is -0.462. The summed E-state index contributed by atoms with van der Waals surface area (Å²) < 4.78 is 11.3. The molecule has 1 aliphatic rings. The van der Waals surface area contributed by atoms with Gasteiger partial charge in [0, 0.05) is 32.7 Å². The predicted octanol–water partition coefficient (Wildman–Crippen LogP) is 2.83. The summed E-state index contributed by atoms with van der Waals surface area (Å²) in [4.78, 5) is 4.65. The van der Waals surface area contributed by atoms with Gasteiger partial charge in [0.15, 0.2) is 0 Å². The molecule has 0 saturated carbocycles. The smallest absolute Gasteiger partial charge is 0.142 e. The molecule has 1 N–H and O–H groups in total. The molecule has 5 heteroatoms. The molecule has 5 nitrogen and oxygen atoms in total. The van der Waals surface area contributed by atoms with Crippen molar-refractivity contribution in [1.82, 2.24) is 4.90 Å². The van der Waals surface area contributed by atoms with Crippen molar-refractivity contribution in [1.29, 1.82) is 0 Å². The molecule has 1 heterocycles. The van der Waals surface area contributed by atoms with Gasteiger partial charge in [0.25, 0.3) is 0 Å². The van der Waals surface area contributed by atoms with Gasteiger partial charge in [-0.3, -0.25) is 4.90 Å². The predicted molar refractivity (Wildman–Crippen MR) is 113 cm³/mol. The maximum atomic E-state index is 10.4. The lowest BCUT2D eigenvalue weighted by Crippen LogP contribution is -2.49. The van der Waals surface area contributed by atoms with Gasteiger partial charge in [-0.25, -0.2) is 0 Å². The number of anilines is 1. The fourth-order valence-corrected chi connectivity index (χ4v) is 3.69. The van der Waals surface area contributed by atoms with Gasteiger partial charge in [-0.15, -0.1) is 0 Å². The summed E-state index contributed by atoms with van der Waals surface area (Å²) in [6.45, 7) is 6.80. The zero-order chi connectivity index (χ0) is 19.8. The van der Waals surface area contributed by atoms with Crippen molar-refractivity contribution in [2.75, 3.05) is 51.3 Å². The number of benzene rings is 2. The highest BCUT2D eigenvalue weighted by atomic mass is 16.5. The Balaban J connectivity index is 1.38. The molecule has 0 amide bonds. The molecular weight excluding hydrogens is 352 g/mol. The Morgan fingerprint density at radius 2 is 1.64 bits per heavy atom. The van der Waals surface area contributed by atoms with E-state index >= 15 is 0 Å². The van der Waals surface area contributed by atoms with Crippen LogP contribution in [0, 0.1) is 0 Å². The van der Waals surface area contributed by atoms with Gasteiger partial charge in [0.1, 0.15) is 5.75 Å². The van der Waals surface area contributed by atoms with Gasteiger partial charge in [-0.1, -0.05) is 42.5 Å². The van der Waals surface area contributed by atoms with Crippen molar-refractivity contribution in [3.63, 3.8) is 0 Å². The summed E-state index contributed by atoms with van der Waals surface area (Å²) >= 11 is 0. The van der Waals surface area contributed by atoms with E-state index in [2.05, 4.69) is 34.9 Å². The summed E-state index contributed by atoms with van der Waals surface area (Å²) in [6.07, 6.45) is 0.501. The highest BCUT2D eigenvalue weighted by molar-refractivity contribution is 5.58. The largest absolute Gasteiger partial charge is 0.495 e. The van der Waals surface area contributed by atoms with Crippen LogP contribution >= 0.6 is 0 Å². The number of methoxy groups -OCH3 is 1.